The van der Waals surface area contributed by atoms with E-state index in [0.29, 0.717) is 12.7 Å². The van der Waals surface area contributed by atoms with Crippen molar-refractivity contribution in [2.75, 3.05) is 13.2 Å². The van der Waals surface area contributed by atoms with E-state index in [2.05, 4.69) is 26.0 Å². The Labute approximate surface area is 241 Å². The minimum atomic E-state index is 0.155. The van der Waals surface area contributed by atoms with Gasteiger partial charge in [-0.15, -0.1) is 0 Å². The second kappa shape index (κ2) is 34.7. The van der Waals surface area contributed by atoms with Crippen molar-refractivity contribution in [2.24, 2.45) is 0 Å². The molecular formula is C36H72O2. The van der Waals surface area contributed by atoms with Gasteiger partial charge in [0.25, 0.3) is 0 Å². The molecule has 0 rings (SSSR count). The van der Waals surface area contributed by atoms with Gasteiger partial charge in [0, 0.05) is 0 Å². The summed E-state index contributed by atoms with van der Waals surface area (Å²) in [5.41, 5.74) is 0. The average molecular weight is 537 g/mol. The van der Waals surface area contributed by atoms with Gasteiger partial charge in [-0.1, -0.05) is 174 Å². The first-order chi connectivity index (χ1) is 18.8. The predicted octanol–water partition coefficient (Wildman–Crippen LogP) is 12.3. The van der Waals surface area contributed by atoms with Gasteiger partial charge in [-0.05, 0) is 38.5 Å². The zero-order chi connectivity index (χ0) is 27.6. The fourth-order valence-electron chi connectivity index (χ4n) is 5.54. The number of hydrogen-bond donors (Lipinski definition) is 1. The van der Waals surface area contributed by atoms with Crippen molar-refractivity contribution in [2.45, 2.75) is 206 Å². The predicted molar refractivity (Wildman–Crippen MR) is 171 cm³/mol. The molecule has 0 bridgehead atoms. The molecule has 0 aromatic rings. The summed E-state index contributed by atoms with van der Waals surface area (Å²) in [6, 6.07) is 0. The summed E-state index contributed by atoms with van der Waals surface area (Å²) in [4.78, 5) is 0. The van der Waals surface area contributed by atoms with Crippen molar-refractivity contribution < 1.29 is 9.84 Å². The quantitative estimate of drug-likeness (QED) is 0.0667. The number of rotatable bonds is 33. The van der Waals surface area contributed by atoms with Gasteiger partial charge in [-0.25, -0.2) is 0 Å². The van der Waals surface area contributed by atoms with E-state index < -0.39 is 0 Å². The maximum absolute atomic E-state index is 9.18. The maximum Gasteiger partial charge on any atom is 0.0701 e. The highest BCUT2D eigenvalue weighted by molar-refractivity contribution is 4.81. The van der Waals surface area contributed by atoms with Crippen molar-refractivity contribution in [3.8, 4) is 0 Å². The Balaban J connectivity index is 3.51. The van der Waals surface area contributed by atoms with Crippen LogP contribution in [0.3, 0.4) is 0 Å². The lowest BCUT2D eigenvalue weighted by Crippen LogP contribution is -2.15. The molecule has 0 amide bonds. The van der Waals surface area contributed by atoms with Crippen LogP contribution in [-0.2, 0) is 4.74 Å². The van der Waals surface area contributed by atoms with Crippen molar-refractivity contribution in [3.63, 3.8) is 0 Å². The second-order valence-electron chi connectivity index (χ2n) is 12.0. The Hall–Kier alpha value is -0.340. The van der Waals surface area contributed by atoms with Gasteiger partial charge >= 0.3 is 0 Å². The minimum Gasteiger partial charge on any atom is -0.394 e. The normalized spacial score (nSPS) is 12.6. The Morgan fingerprint density at radius 3 is 1.11 bits per heavy atom. The van der Waals surface area contributed by atoms with E-state index in [9.17, 15) is 5.11 Å². The van der Waals surface area contributed by atoms with Gasteiger partial charge in [0.05, 0.1) is 19.3 Å². The molecule has 0 saturated carbocycles. The van der Waals surface area contributed by atoms with Crippen molar-refractivity contribution >= 4 is 0 Å². The van der Waals surface area contributed by atoms with Crippen LogP contribution in [-0.4, -0.2) is 24.4 Å². The van der Waals surface area contributed by atoms with Gasteiger partial charge in [0.15, 0.2) is 0 Å². The molecule has 0 heterocycles. The Kier molecular flexibility index (Phi) is 34.4. The average Bonchev–Trinajstić information content (AvgIpc) is 2.93. The summed E-state index contributed by atoms with van der Waals surface area (Å²) in [5.74, 6) is 0. The van der Waals surface area contributed by atoms with Gasteiger partial charge in [0.1, 0.15) is 0 Å². The highest BCUT2D eigenvalue weighted by Crippen LogP contribution is 2.18. The molecule has 0 fully saturated rings. The Morgan fingerprint density at radius 2 is 0.763 bits per heavy atom. The number of hydrogen-bond acceptors (Lipinski definition) is 2. The molecule has 0 aliphatic carbocycles. The zero-order valence-electron chi connectivity index (χ0n) is 26.5. The molecule has 1 unspecified atom stereocenters. The first kappa shape index (κ1) is 37.7. The maximum atomic E-state index is 9.18. The topological polar surface area (TPSA) is 29.5 Å². The third-order valence-electron chi connectivity index (χ3n) is 8.11. The van der Waals surface area contributed by atoms with Crippen molar-refractivity contribution in [1.82, 2.24) is 0 Å². The van der Waals surface area contributed by atoms with Gasteiger partial charge in [0.2, 0.25) is 0 Å². The van der Waals surface area contributed by atoms with Crippen molar-refractivity contribution in [3.05, 3.63) is 12.2 Å². The molecule has 2 heteroatoms. The van der Waals surface area contributed by atoms with Crippen LogP contribution in [0.1, 0.15) is 200 Å². The van der Waals surface area contributed by atoms with E-state index in [1.54, 1.807) is 0 Å². The molecule has 0 spiro atoms. The van der Waals surface area contributed by atoms with Crippen LogP contribution in [0.15, 0.2) is 12.2 Å². The van der Waals surface area contributed by atoms with E-state index in [0.717, 1.165) is 0 Å². The molecule has 0 aromatic heterocycles. The molecule has 0 saturated heterocycles. The number of aliphatic hydroxyl groups is 1. The number of aliphatic hydroxyl groups excluding tert-OH is 1. The largest absolute Gasteiger partial charge is 0.394 e. The molecule has 0 radical (unpaired) electrons. The van der Waals surface area contributed by atoms with Crippen LogP contribution in [0.4, 0.5) is 0 Å². The van der Waals surface area contributed by atoms with E-state index >= 15 is 0 Å². The smallest absolute Gasteiger partial charge is 0.0701 e. The SMILES string of the molecule is CCCCCCCC/C=C\CCCCCCCCC(CCCCCCCCCCCCCCC)OCCO. The third-order valence-corrected chi connectivity index (χ3v) is 8.11. The first-order valence-electron chi connectivity index (χ1n) is 17.7. The van der Waals surface area contributed by atoms with E-state index in [1.165, 1.54) is 186 Å². The number of unbranched alkanes of at least 4 members (excludes halogenated alkanes) is 24. The Morgan fingerprint density at radius 1 is 0.447 bits per heavy atom. The van der Waals surface area contributed by atoms with E-state index in [4.69, 9.17) is 4.74 Å². The van der Waals surface area contributed by atoms with Crippen LogP contribution in [0.5, 0.6) is 0 Å². The standard InChI is InChI=1S/C36H72O2/c1-3-5-7-9-11-13-15-17-18-19-21-23-25-27-29-31-33-36(38-35-34-37)32-30-28-26-24-22-20-16-14-12-10-8-6-4-2/h17-18,36-37H,3-16,19-35H2,1-2H3/b18-17-. The zero-order valence-corrected chi connectivity index (χ0v) is 26.5. The summed E-state index contributed by atoms with van der Waals surface area (Å²) >= 11 is 0. The van der Waals surface area contributed by atoms with Gasteiger partial charge < -0.3 is 9.84 Å². The minimum absolute atomic E-state index is 0.155. The Bertz CT molecular complexity index is 433. The summed E-state index contributed by atoms with van der Waals surface area (Å²) in [6.45, 7) is 5.25. The van der Waals surface area contributed by atoms with E-state index in [-0.39, 0.29) is 6.61 Å². The van der Waals surface area contributed by atoms with Gasteiger partial charge in [-0.3, -0.25) is 0 Å². The molecule has 2 nitrogen and oxygen atoms in total. The second-order valence-corrected chi connectivity index (χ2v) is 12.0. The van der Waals surface area contributed by atoms with Crippen molar-refractivity contribution in [1.29, 1.82) is 0 Å². The summed E-state index contributed by atoms with van der Waals surface area (Å²) in [7, 11) is 0. The lowest BCUT2D eigenvalue weighted by molar-refractivity contribution is 0.0167. The first-order valence-corrected chi connectivity index (χ1v) is 17.7. The summed E-state index contributed by atoms with van der Waals surface area (Å²) in [6.07, 6.45) is 44.9. The molecule has 38 heavy (non-hydrogen) atoms. The molecular weight excluding hydrogens is 464 g/mol. The molecule has 0 aliphatic rings. The lowest BCUT2D eigenvalue weighted by Gasteiger charge is -2.17. The molecule has 0 aromatic carbocycles. The molecule has 1 N–H and O–H groups in total. The molecule has 0 aliphatic heterocycles. The van der Waals surface area contributed by atoms with Gasteiger partial charge in [-0.2, -0.15) is 0 Å². The summed E-state index contributed by atoms with van der Waals surface area (Å²) in [5, 5.41) is 9.18. The van der Waals surface area contributed by atoms with Crippen LogP contribution in [0, 0.1) is 0 Å². The monoisotopic (exact) mass is 537 g/mol. The fourth-order valence-corrected chi connectivity index (χ4v) is 5.54. The van der Waals surface area contributed by atoms with Crippen LogP contribution in [0.25, 0.3) is 0 Å². The number of ether oxygens (including phenoxy) is 1. The number of allylic oxidation sites excluding steroid dienone is 2. The summed E-state index contributed by atoms with van der Waals surface area (Å²) < 4.78 is 5.96. The third kappa shape index (κ3) is 31.9. The fraction of sp³-hybridized carbons (Fsp3) is 0.944. The molecule has 1 atom stereocenters. The van der Waals surface area contributed by atoms with E-state index in [1.807, 2.05) is 0 Å². The van der Waals surface area contributed by atoms with Crippen LogP contribution >= 0.6 is 0 Å². The highest BCUT2D eigenvalue weighted by atomic mass is 16.5. The highest BCUT2D eigenvalue weighted by Gasteiger charge is 2.08. The molecule has 228 valence electrons. The lowest BCUT2D eigenvalue weighted by atomic mass is 10.0. The van der Waals surface area contributed by atoms with Crippen LogP contribution < -0.4 is 0 Å². The van der Waals surface area contributed by atoms with Crippen LogP contribution in [0.2, 0.25) is 0 Å².